The molecule has 0 spiro atoms. The Morgan fingerprint density at radius 1 is 1.03 bits per heavy atom. The number of rotatable bonds is 9. The number of aryl methyl sites for hydroxylation is 1. The molecule has 5 N–H and O–H groups in total. The molecule has 1 heterocycles. The third kappa shape index (κ3) is 7.10. The largest absolute Gasteiger partial charge is 0.395 e. The standard InChI is InChI=1S/C31H36N4O4/c1-31(2,32)19-28(37)34-26-16-15-23-7-3-6-10-27(23)35(30(26)39)20-21-11-13-22(14-12-21)24-8-4-5-9-25(24)29(38)33-17-18-36/h3-14,26,36H,15-20,32H2,1-2H3,(H,33,38)(H,34,37)/t26-/m1/s1. The number of nitrogens with two attached hydrogens (primary N) is 1. The highest BCUT2D eigenvalue weighted by atomic mass is 16.3. The number of carbonyl (C=O) groups excluding carboxylic acids is 3. The first-order valence-electron chi connectivity index (χ1n) is 13.2. The minimum atomic E-state index is -0.666. The molecule has 1 atom stereocenters. The minimum Gasteiger partial charge on any atom is -0.395 e. The molecule has 3 amide bonds. The molecule has 1 aliphatic heterocycles. The van der Waals surface area contributed by atoms with E-state index >= 15 is 0 Å². The molecule has 39 heavy (non-hydrogen) atoms. The van der Waals surface area contributed by atoms with Crippen molar-refractivity contribution in [2.24, 2.45) is 5.73 Å². The van der Waals surface area contributed by atoms with Crippen molar-refractivity contribution in [2.45, 2.75) is 51.2 Å². The highest BCUT2D eigenvalue weighted by Gasteiger charge is 2.32. The van der Waals surface area contributed by atoms with Crippen molar-refractivity contribution >= 4 is 23.4 Å². The number of fused-ring (bicyclic) bond motifs is 1. The average Bonchev–Trinajstić information content (AvgIpc) is 3.03. The van der Waals surface area contributed by atoms with Crippen LogP contribution < -0.4 is 21.3 Å². The van der Waals surface area contributed by atoms with Gasteiger partial charge in [0.1, 0.15) is 6.04 Å². The Balaban J connectivity index is 1.57. The summed E-state index contributed by atoms with van der Waals surface area (Å²) >= 11 is 0. The van der Waals surface area contributed by atoms with Crippen LogP contribution in [-0.4, -0.2) is 47.6 Å². The lowest BCUT2D eigenvalue weighted by molar-refractivity contribution is -0.128. The molecule has 3 aromatic carbocycles. The molecule has 8 heteroatoms. The zero-order chi connectivity index (χ0) is 28.0. The lowest BCUT2D eigenvalue weighted by Crippen LogP contribution is -2.49. The van der Waals surface area contributed by atoms with Gasteiger partial charge in [-0.3, -0.25) is 14.4 Å². The van der Waals surface area contributed by atoms with Gasteiger partial charge in [-0.05, 0) is 61.1 Å². The Morgan fingerprint density at radius 2 is 1.72 bits per heavy atom. The predicted octanol–water partition coefficient (Wildman–Crippen LogP) is 3.17. The van der Waals surface area contributed by atoms with Crippen LogP contribution in [0.1, 0.15) is 48.2 Å². The number of aliphatic hydroxyl groups is 1. The lowest BCUT2D eigenvalue weighted by atomic mass is 9.98. The third-order valence-electron chi connectivity index (χ3n) is 6.67. The van der Waals surface area contributed by atoms with E-state index in [2.05, 4.69) is 10.6 Å². The fourth-order valence-electron chi connectivity index (χ4n) is 4.84. The fraction of sp³-hybridized carbons (Fsp3) is 0.323. The van der Waals surface area contributed by atoms with Gasteiger partial charge in [0.05, 0.1) is 13.2 Å². The van der Waals surface area contributed by atoms with Crippen LogP contribution >= 0.6 is 0 Å². The first-order valence-corrected chi connectivity index (χ1v) is 13.2. The van der Waals surface area contributed by atoms with Gasteiger partial charge in [-0.1, -0.05) is 60.7 Å². The van der Waals surface area contributed by atoms with Gasteiger partial charge < -0.3 is 26.4 Å². The number of anilines is 1. The summed E-state index contributed by atoms with van der Waals surface area (Å²) in [6.07, 6.45) is 1.31. The number of amides is 3. The summed E-state index contributed by atoms with van der Waals surface area (Å²) in [6, 6.07) is 22.3. The molecule has 0 unspecified atom stereocenters. The van der Waals surface area contributed by atoms with Gasteiger partial charge in [-0.15, -0.1) is 0 Å². The van der Waals surface area contributed by atoms with Gasteiger partial charge in [0, 0.05) is 29.8 Å². The molecule has 0 radical (unpaired) electrons. The molecule has 0 bridgehead atoms. The quantitative estimate of drug-likeness (QED) is 0.340. The number of carbonyl (C=O) groups is 3. The summed E-state index contributed by atoms with van der Waals surface area (Å²) in [7, 11) is 0. The molecule has 0 aliphatic carbocycles. The van der Waals surface area contributed by atoms with E-state index in [4.69, 9.17) is 10.8 Å². The molecule has 0 fully saturated rings. The molecule has 0 saturated carbocycles. The van der Waals surface area contributed by atoms with E-state index in [9.17, 15) is 14.4 Å². The van der Waals surface area contributed by atoms with Gasteiger partial charge in [0.25, 0.3) is 5.91 Å². The summed E-state index contributed by atoms with van der Waals surface area (Å²) in [4.78, 5) is 40.7. The van der Waals surface area contributed by atoms with Crippen molar-refractivity contribution < 1.29 is 19.5 Å². The Bertz CT molecular complexity index is 1330. The smallest absolute Gasteiger partial charge is 0.251 e. The topological polar surface area (TPSA) is 125 Å². The number of para-hydroxylation sites is 1. The normalized spacial score (nSPS) is 15.3. The third-order valence-corrected chi connectivity index (χ3v) is 6.67. The molecule has 0 aromatic heterocycles. The van der Waals surface area contributed by atoms with Crippen LogP contribution in [0.5, 0.6) is 0 Å². The van der Waals surface area contributed by atoms with Crippen LogP contribution in [-0.2, 0) is 22.6 Å². The molecule has 3 aromatic rings. The number of hydrogen-bond donors (Lipinski definition) is 4. The highest BCUT2D eigenvalue weighted by Crippen LogP contribution is 2.30. The summed E-state index contributed by atoms with van der Waals surface area (Å²) in [5.41, 5.74) is 10.3. The Hall–Kier alpha value is -4.01. The lowest BCUT2D eigenvalue weighted by Gasteiger charge is -2.27. The molecule has 4 rings (SSSR count). The summed E-state index contributed by atoms with van der Waals surface area (Å²) in [6.45, 7) is 3.96. The van der Waals surface area contributed by atoms with Crippen LogP contribution in [0.25, 0.3) is 11.1 Å². The molecular weight excluding hydrogens is 492 g/mol. The van der Waals surface area contributed by atoms with E-state index in [1.54, 1.807) is 30.9 Å². The van der Waals surface area contributed by atoms with Gasteiger partial charge in [0.15, 0.2) is 0 Å². The number of aliphatic hydroxyl groups excluding tert-OH is 1. The van der Waals surface area contributed by atoms with Crippen molar-refractivity contribution in [3.63, 3.8) is 0 Å². The van der Waals surface area contributed by atoms with Crippen molar-refractivity contribution in [2.75, 3.05) is 18.1 Å². The first kappa shape index (κ1) is 28.0. The molecule has 204 valence electrons. The summed E-state index contributed by atoms with van der Waals surface area (Å²) in [5, 5.41) is 14.7. The minimum absolute atomic E-state index is 0.128. The van der Waals surface area contributed by atoms with Crippen molar-refractivity contribution in [3.8, 4) is 11.1 Å². The Labute approximate surface area is 229 Å². The first-order chi connectivity index (χ1) is 18.7. The second-order valence-electron chi connectivity index (χ2n) is 10.6. The summed E-state index contributed by atoms with van der Waals surface area (Å²) < 4.78 is 0. The zero-order valence-electron chi connectivity index (χ0n) is 22.4. The van der Waals surface area contributed by atoms with E-state index in [0.717, 1.165) is 27.9 Å². The number of benzene rings is 3. The predicted molar refractivity (Wildman–Crippen MR) is 152 cm³/mol. The Kier molecular flexibility index (Phi) is 8.79. The number of hydrogen-bond acceptors (Lipinski definition) is 5. The molecule has 1 aliphatic rings. The highest BCUT2D eigenvalue weighted by molar-refractivity contribution is 6.01. The molecule has 8 nitrogen and oxygen atoms in total. The van der Waals surface area contributed by atoms with E-state index in [-0.39, 0.29) is 37.3 Å². The SMILES string of the molecule is CC(C)(N)CC(=O)N[C@@H]1CCc2ccccc2N(Cc2ccc(-c3ccccc3C(=O)NCCO)cc2)C1=O. The van der Waals surface area contributed by atoms with Crippen molar-refractivity contribution in [1.29, 1.82) is 0 Å². The number of nitrogens with one attached hydrogen (secondary N) is 2. The maximum atomic E-state index is 13.7. The monoisotopic (exact) mass is 528 g/mol. The van der Waals surface area contributed by atoms with Crippen LogP contribution in [0.15, 0.2) is 72.8 Å². The van der Waals surface area contributed by atoms with E-state index < -0.39 is 11.6 Å². The van der Waals surface area contributed by atoms with E-state index in [1.165, 1.54) is 0 Å². The Morgan fingerprint density at radius 3 is 2.44 bits per heavy atom. The van der Waals surface area contributed by atoms with Crippen LogP contribution in [0.4, 0.5) is 5.69 Å². The molecular formula is C31H36N4O4. The van der Waals surface area contributed by atoms with E-state index in [1.807, 2.05) is 60.7 Å². The van der Waals surface area contributed by atoms with Gasteiger partial charge in [-0.25, -0.2) is 0 Å². The average molecular weight is 529 g/mol. The van der Waals surface area contributed by atoms with Crippen LogP contribution in [0.2, 0.25) is 0 Å². The van der Waals surface area contributed by atoms with Gasteiger partial charge in [0.2, 0.25) is 11.8 Å². The second-order valence-corrected chi connectivity index (χ2v) is 10.6. The maximum Gasteiger partial charge on any atom is 0.251 e. The van der Waals surface area contributed by atoms with Crippen molar-refractivity contribution in [3.05, 3.63) is 89.5 Å². The molecule has 0 saturated heterocycles. The second kappa shape index (κ2) is 12.2. The zero-order valence-corrected chi connectivity index (χ0v) is 22.4. The van der Waals surface area contributed by atoms with Gasteiger partial charge >= 0.3 is 0 Å². The number of nitrogens with zero attached hydrogens (tertiary/aromatic N) is 1. The van der Waals surface area contributed by atoms with Crippen LogP contribution in [0.3, 0.4) is 0 Å². The maximum absolute atomic E-state index is 13.7. The fourth-order valence-corrected chi connectivity index (χ4v) is 4.84. The van der Waals surface area contributed by atoms with Crippen LogP contribution in [0, 0.1) is 0 Å². The summed E-state index contributed by atoms with van der Waals surface area (Å²) in [5.74, 6) is -0.641. The van der Waals surface area contributed by atoms with Gasteiger partial charge in [-0.2, -0.15) is 0 Å². The van der Waals surface area contributed by atoms with Crippen molar-refractivity contribution in [1.82, 2.24) is 10.6 Å². The van der Waals surface area contributed by atoms with E-state index in [0.29, 0.717) is 24.9 Å².